The Bertz CT molecular complexity index is 557. The first-order valence-electron chi connectivity index (χ1n) is 6.19. The van der Waals surface area contributed by atoms with Gasteiger partial charge in [0.2, 0.25) is 0 Å². The second kappa shape index (κ2) is 7.05. The molecule has 5 heteroatoms. The molecule has 0 heterocycles. The Labute approximate surface area is 125 Å². The molecule has 2 aromatic rings. The first kappa shape index (κ1) is 14.5. The lowest BCUT2D eigenvalue weighted by molar-refractivity contribution is -0.384. The molecule has 2 rings (SSSR count). The smallest absolute Gasteiger partial charge is 0.269 e. The van der Waals surface area contributed by atoms with Gasteiger partial charge in [-0.25, -0.2) is 0 Å². The summed E-state index contributed by atoms with van der Waals surface area (Å²) in [6, 6.07) is 16.2. The Morgan fingerprint density at radius 2 is 1.75 bits per heavy atom. The van der Waals surface area contributed by atoms with Crippen molar-refractivity contribution < 1.29 is 9.66 Å². The van der Waals surface area contributed by atoms with Crippen LogP contribution in [-0.2, 0) is 0 Å². The summed E-state index contributed by atoms with van der Waals surface area (Å²) in [5, 5.41) is 11.4. The van der Waals surface area contributed by atoms with E-state index in [0.717, 1.165) is 5.33 Å². The van der Waals surface area contributed by atoms with Gasteiger partial charge in [-0.1, -0.05) is 46.3 Å². The van der Waals surface area contributed by atoms with E-state index in [1.54, 1.807) is 12.1 Å². The van der Waals surface area contributed by atoms with Crippen LogP contribution in [0.2, 0.25) is 0 Å². The highest BCUT2D eigenvalue weighted by molar-refractivity contribution is 9.09. The largest absolute Gasteiger partial charge is 0.493 e. The zero-order valence-corrected chi connectivity index (χ0v) is 12.3. The number of benzene rings is 2. The standard InChI is InChI=1S/C15H14BrNO3/c16-10-13(12-4-2-1-3-5-12)11-20-15-8-6-14(7-9-15)17(18)19/h1-9,13H,10-11H2. The van der Waals surface area contributed by atoms with Crippen LogP contribution in [-0.4, -0.2) is 16.9 Å². The number of hydrogen-bond donors (Lipinski definition) is 0. The molecule has 1 atom stereocenters. The van der Waals surface area contributed by atoms with Crippen molar-refractivity contribution in [2.45, 2.75) is 5.92 Å². The minimum Gasteiger partial charge on any atom is -0.493 e. The van der Waals surface area contributed by atoms with Crippen LogP contribution in [0.5, 0.6) is 5.75 Å². The predicted octanol–water partition coefficient (Wildman–Crippen LogP) is 4.15. The summed E-state index contributed by atoms with van der Waals surface area (Å²) in [7, 11) is 0. The highest BCUT2D eigenvalue weighted by atomic mass is 79.9. The van der Waals surface area contributed by atoms with Gasteiger partial charge in [0.15, 0.2) is 0 Å². The van der Waals surface area contributed by atoms with Gasteiger partial charge in [-0.05, 0) is 17.7 Å². The SMILES string of the molecule is O=[N+]([O-])c1ccc(OCC(CBr)c2ccccc2)cc1. The third-order valence-electron chi connectivity index (χ3n) is 2.96. The van der Waals surface area contributed by atoms with Gasteiger partial charge < -0.3 is 4.74 Å². The first-order valence-corrected chi connectivity index (χ1v) is 7.31. The Kier molecular flexibility index (Phi) is 5.12. The highest BCUT2D eigenvalue weighted by Gasteiger charge is 2.11. The molecule has 0 aliphatic rings. The van der Waals surface area contributed by atoms with E-state index in [2.05, 4.69) is 28.1 Å². The molecular formula is C15H14BrNO3. The lowest BCUT2D eigenvalue weighted by atomic mass is 10.0. The fraction of sp³-hybridized carbons (Fsp3) is 0.200. The van der Waals surface area contributed by atoms with Gasteiger partial charge in [0.25, 0.3) is 5.69 Å². The number of rotatable bonds is 6. The first-order chi connectivity index (χ1) is 9.70. The number of nitro groups is 1. The van der Waals surface area contributed by atoms with Crippen LogP contribution in [0.3, 0.4) is 0 Å². The summed E-state index contributed by atoms with van der Waals surface area (Å²) in [5.41, 5.74) is 1.27. The van der Waals surface area contributed by atoms with E-state index in [0.29, 0.717) is 12.4 Å². The van der Waals surface area contributed by atoms with Crippen LogP contribution in [0.25, 0.3) is 0 Å². The molecule has 4 nitrogen and oxygen atoms in total. The van der Waals surface area contributed by atoms with Crippen molar-refractivity contribution in [3.63, 3.8) is 0 Å². The number of hydrogen-bond acceptors (Lipinski definition) is 3. The molecule has 0 bridgehead atoms. The van der Waals surface area contributed by atoms with Crippen LogP contribution in [0, 0.1) is 10.1 Å². The maximum absolute atomic E-state index is 10.6. The fourth-order valence-corrected chi connectivity index (χ4v) is 2.38. The minimum absolute atomic E-state index is 0.0671. The van der Waals surface area contributed by atoms with Crippen LogP contribution in [0.1, 0.15) is 11.5 Å². The molecule has 0 saturated heterocycles. The van der Waals surface area contributed by atoms with E-state index in [4.69, 9.17) is 4.74 Å². The molecule has 0 aliphatic heterocycles. The summed E-state index contributed by atoms with van der Waals surface area (Å²) >= 11 is 3.49. The van der Waals surface area contributed by atoms with Gasteiger partial charge in [-0.3, -0.25) is 10.1 Å². The molecule has 2 aromatic carbocycles. The molecule has 1 unspecified atom stereocenters. The molecule has 0 fully saturated rings. The zero-order chi connectivity index (χ0) is 14.4. The van der Waals surface area contributed by atoms with Crippen LogP contribution >= 0.6 is 15.9 Å². The molecule has 0 aromatic heterocycles. The van der Waals surface area contributed by atoms with Crippen molar-refractivity contribution in [2.24, 2.45) is 0 Å². The van der Waals surface area contributed by atoms with Gasteiger partial charge >= 0.3 is 0 Å². The Morgan fingerprint density at radius 3 is 2.30 bits per heavy atom. The van der Waals surface area contributed by atoms with Gasteiger partial charge in [0.05, 0.1) is 11.5 Å². The molecule has 0 amide bonds. The van der Waals surface area contributed by atoms with Crippen molar-refractivity contribution in [1.29, 1.82) is 0 Å². The summed E-state index contributed by atoms with van der Waals surface area (Å²) in [6.07, 6.45) is 0. The van der Waals surface area contributed by atoms with Crippen LogP contribution < -0.4 is 4.74 Å². The fourth-order valence-electron chi connectivity index (χ4n) is 1.82. The van der Waals surface area contributed by atoms with E-state index in [1.165, 1.54) is 17.7 Å². The number of alkyl halides is 1. The second-order valence-corrected chi connectivity index (χ2v) is 4.97. The molecule has 0 saturated carbocycles. The van der Waals surface area contributed by atoms with Crippen molar-refractivity contribution in [2.75, 3.05) is 11.9 Å². The third kappa shape index (κ3) is 3.81. The summed E-state index contributed by atoms with van der Waals surface area (Å²) in [4.78, 5) is 10.1. The number of non-ortho nitro benzene ring substituents is 1. The Morgan fingerprint density at radius 1 is 1.10 bits per heavy atom. The summed E-state index contributed by atoms with van der Waals surface area (Å²) in [5.74, 6) is 0.879. The van der Waals surface area contributed by atoms with E-state index in [-0.39, 0.29) is 11.6 Å². The van der Waals surface area contributed by atoms with Gasteiger partial charge in [-0.15, -0.1) is 0 Å². The number of halogens is 1. The van der Waals surface area contributed by atoms with Gasteiger partial charge in [0.1, 0.15) is 5.75 Å². The molecule has 0 N–H and O–H groups in total. The van der Waals surface area contributed by atoms with E-state index in [1.807, 2.05) is 18.2 Å². The average molecular weight is 336 g/mol. The van der Waals surface area contributed by atoms with E-state index in [9.17, 15) is 10.1 Å². The number of nitro benzene ring substituents is 1. The maximum Gasteiger partial charge on any atom is 0.269 e. The van der Waals surface area contributed by atoms with Crippen LogP contribution in [0.4, 0.5) is 5.69 Å². The van der Waals surface area contributed by atoms with Gasteiger partial charge in [0, 0.05) is 23.4 Å². The maximum atomic E-state index is 10.6. The molecule has 0 radical (unpaired) electrons. The molecule has 104 valence electrons. The summed E-state index contributed by atoms with van der Waals surface area (Å²) < 4.78 is 5.70. The molecular weight excluding hydrogens is 322 g/mol. The lowest BCUT2D eigenvalue weighted by Crippen LogP contribution is -2.11. The van der Waals surface area contributed by atoms with Crippen molar-refractivity contribution in [1.82, 2.24) is 0 Å². The molecule has 0 aliphatic carbocycles. The highest BCUT2D eigenvalue weighted by Crippen LogP contribution is 2.22. The predicted molar refractivity (Wildman–Crippen MR) is 81.6 cm³/mol. The quantitative estimate of drug-likeness (QED) is 0.452. The van der Waals surface area contributed by atoms with Gasteiger partial charge in [-0.2, -0.15) is 0 Å². The van der Waals surface area contributed by atoms with Crippen molar-refractivity contribution >= 4 is 21.6 Å². The topological polar surface area (TPSA) is 52.4 Å². The second-order valence-electron chi connectivity index (χ2n) is 4.32. The number of ether oxygens (including phenoxy) is 1. The normalized spacial score (nSPS) is 11.8. The monoisotopic (exact) mass is 335 g/mol. The van der Waals surface area contributed by atoms with E-state index < -0.39 is 4.92 Å². The van der Waals surface area contributed by atoms with Crippen LogP contribution in [0.15, 0.2) is 54.6 Å². The summed E-state index contributed by atoms with van der Waals surface area (Å²) in [6.45, 7) is 0.521. The van der Waals surface area contributed by atoms with E-state index >= 15 is 0 Å². The zero-order valence-electron chi connectivity index (χ0n) is 10.7. The minimum atomic E-state index is -0.422. The third-order valence-corrected chi connectivity index (χ3v) is 3.74. The average Bonchev–Trinajstić information content (AvgIpc) is 2.49. The number of nitrogens with zero attached hydrogens (tertiary/aromatic N) is 1. The molecule has 0 spiro atoms. The Hall–Kier alpha value is -1.88. The lowest BCUT2D eigenvalue weighted by Gasteiger charge is -2.15. The van der Waals surface area contributed by atoms with Crippen molar-refractivity contribution in [3.8, 4) is 5.75 Å². The van der Waals surface area contributed by atoms with Crippen molar-refractivity contribution in [3.05, 3.63) is 70.3 Å². The Balaban J connectivity index is 1.98. The molecule has 20 heavy (non-hydrogen) atoms.